The van der Waals surface area contributed by atoms with Gasteiger partial charge in [-0.05, 0) is 23.8 Å². The molecule has 1 aromatic carbocycles. The Morgan fingerprint density at radius 2 is 1.83 bits per heavy atom. The molecule has 0 amide bonds. The maximum atomic E-state index is 13.1. The van der Waals surface area contributed by atoms with E-state index >= 15 is 0 Å². The number of halogens is 2. The average Bonchev–Trinajstić information content (AvgIpc) is 2.44. The molecule has 23 heavy (non-hydrogen) atoms. The second kappa shape index (κ2) is 6.97. The molecule has 0 saturated carbocycles. The van der Waals surface area contributed by atoms with E-state index in [-0.39, 0.29) is 12.1 Å². The van der Waals surface area contributed by atoms with Gasteiger partial charge in [-0.25, -0.2) is 31.9 Å². The first kappa shape index (κ1) is 17.2. The number of anilines is 1. The first-order chi connectivity index (χ1) is 10.7. The van der Waals surface area contributed by atoms with Crippen molar-refractivity contribution in [3.05, 3.63) is 53.5 Å². The summed E-state index contributed by atoms with van der Waals surface area (Å²) in [5.41, 5.74) is 0.0259. The fraction of sp³-hybridized carbons (Fsp3) is 0.286. The average molecular weight is 342 g/mol. The van der Waals surface area contributed by atoms with Crippen molar-refractivity contribution in [3.63, 3.8) is 0 Å². The Balaban J connectivity index is 2.05. The Morgan fingerprint density at radius 1 is 1.17 bits per heavy atom. The molecule has 0 saturated heterocycles. The largest absolute Gasteiger partial charge is 0.363 e. The van der Waals surface area contributed by atoms with Crippen molar-refractivity contribution in [3.8, 4) is 0 Å². The minimum atomic E-state index is -3.78. The molecule has 124 valence electrons. The molecule has 2 aromatic rings. The van der Waals surface area contributed by atoms with E-state index in [1.807, 2.05) is 0 Å². The van der Waals surface area contributed by atoms with Gasteiger partial charge in [0.1, 0.15) is 23.3 Å². The molecule has 0 spiro atoms. The first-order valence-corrected chi connectivity index (χ1v) is 8.32. The van der Waals surface area contributed by atoms with Crippen LogP contribution in [0.15, 0.2) is 30.5 Å². The Morgan fingerprint density at radius 3 is 2.43 bits per heavy atom. The number of nitrogens with zero attached hydrogens (tertiary/aromatic N) is 3. The SMILES string of the molecule is CN(C)c1ccnc(CNS(=O)(=O)Cc2cc(F)cc(F)c2)n1. The second-order valence-electron chi connectivity index (χ2n) is 5.08. The van der Waals surface area contributed by atoms with Crippen LogP contribution in [0.3, 0.4) is 0 Å². The van der Waals surface area contributed by atoms with Crippen LogP contribution in [0.5, 0.6) is 0 Å². The molecular formula is C14H16F2N4O2S. The minimum absolute atomic E-state index is 0.0259. The predicted octanol–water partition coefficient (Wildman–Crippen LogP) is 1.44. The number of hydrogen-bond acceptors (Lipinski definition) is 5. The summed E-state index contributed by atoms with van der Waals surface area (Å²) in [6.45, 7) is -0.109. The smallest absolute Gasteiger partial charge is 0.216 e. The number of benzene rings is 1. The quantitative estimate of drug-likeness (QED) is 0.860. The van der Waals surface area contributed by atoms with Crippen LogP contribution in [-0.2, 0) is 22.3 Å². The Kier molecular flexibility index (Phi) is 5.22. The van der Waals surface area contributed by atoms with Crippen LogP contribution in [0.2, 0.25) is 0 Å². The predicted molar refractivity (Wildman–Crippen MR) is 82.2 cm³/mol. The molecular weight excluding hydrogens is 326 g/mol. The molecule has 2 rings (SSSR count). The molecule has 0 aliphatic heterocycles. The molecule has 9 heteroatoms. The highest BCUT2D eigenvalue weighted by Gasteiger charge is 2.14. The van der Waals surface area contributed by atoms with E-state index in [9.17, 15) is 17.2 Å². The van der Waals surface area contributed by atoms with E-state index < -0.39 is 27.4 Å². The summed E-state index contributed by atoms with van der Waals surface area (Å²) in [6.07, 6.45) is 1.52. The van der Waals surface area contributed by atoms with Crippen LogP contribution in [0.4, 0.5) is 14.6 Å². The van der Waals surface area contributed by atoms with Crippen molar-refractivity contribution in [1.29, 1.82) is 0 Å². The zero-order valence-corrected chi connectivity index (χ0v) is 13.4. The summed E-state index contributed by atoms with van der Waals surface area (Å²) in [7, 11) is -0.176. The van der Waals surface area contributed by atoms with Crippen molar-refractivity contribution in [2.45, 2.75) is 12.3 Å². The van der Waals surface area contributed by atoms with Gasteiger partial charge in [0, 0.05) is 26.4 Å². The molecule has 6 nitrogen and oxygen atoms in total. The number of sulfonamides is 1. The minimum Gasteiger partial charge on any atom is -0.363 e. The van der Waals surface area contributed by atoms with Gasteiger partial charge < -0.3 is 4.90 Å². The lowest BCUT2D eigenvalue weighted by molar-refractivity contribution is 0.573. The van der Waals surface area contributed by atoms with Crippen molar-refractivity contribution in [2.75, 3.05) is 19.0 Å². The van der Waals surface area contributed by atoms with E-state index in [0.29, 0.717) is 17.7 Å². The molecule has 1 aromatic heterocycles. The maximum absolute atomic E-state index is 13.1. The standard InChI is InChI=1S/C14H16F2N4O2S/c1-20(2)14-3-4-17-13(19-14)8-18-23(21,22)9-10-5-11(15)7-12(16)6-10/h3-7,18H,8-9H2,1-2H3. The Hall–Kier alpha value is -2.13. The van der Waals surface area contributed by atoms with Gasteiger partial charge in [-0.2, -0.15) is 0 Å². The van der Waals surface area contributed by atoms with Crippen LogP contribution in [0, 0.1) is 11.6 Å². The fourth-order valence-corrected chi connectivity index (χ4v) is 2.92. The van der Waals surface area contributed by atoms with Crippen molar-refractivity contribution in [2.24, 2.45) is 0 Å². The summed E-state index contributed by atoms with van der Waals surface area (Å²) in [5, 5.41) is 0. The number of aromatic nitrogens is 2. The fourth-order valence-electron chi connectivity index (χ4n) is 1.86. The molecule has 0 aliphatic carbocycles. The van der Waals surface area contributed by atoms with Crippen molar-refractivity contribution < 1.29 is 17.2 Å². The summed E-state index contributed by atoms with van der Waals surface area (Å²) >= 11 is 0. The van der Waals surface area contributed by atoms with Crippen LogP contribution >= 0.6 is 0 Å². The molecule has 0 bridgehead atoms. The third kappa shape index (κ3) is 5.22. The van der Waals surface area contributed by atoms with Crippen LogP contribution in [0.25, 0.3) is 0 Å². The lowest BCUT2D eigenvalue weighted by Gasteiger charge is -2.12. The van der Waals surface area contributed by atoms with Crippen LogP contribution in [0.1, 0.15) is 11.4 Å². The van der Waals surface area contributed by atoms with Crippen molar-refractivity contribution in [1.82, 2.24) is 14.7 Å². The van der Waals surface area contributed by atoms with Gasteiger partial charge in [-0.1, -0.05) is 0 Å². The molecule has 0 aliphatic rings. The third-order valence-electron chi connectivity index (χ3n) is 2.88. The zero-order chi connectivity index (χ0) is 17.0. The van der Waals surface area contributed by atoms with E-state index in [1.165, 1.54) is 6.20 Å². The summed E-state index contributed by atoms with van der Waals surface area (Å²) < 4.78 is 52.5. The highest BCUT2D eigenvalue weighted by atomic mass is 32.2. The van der Waals surface area contributed by atoms with Gasteiger partial charge in [-0.3, -0.25) is 0 Å². The highest BCUT2D eigenvalue weighted by Crippen LogP contribution is 2.11. The van der Waals surface area contributed by atoms with Gasteiger partial charge >= 0.3 is 0 Å². The van der Waals surface area contributed by atoms with Gasteiger partial charge in [0.05, 0.1) is 12.3 Å². The van der Waals surface area contributed by atoms with E-state index in [4.69, 9.17) is 0 Å². The Bertz CT molecular complexity index is 777. The normalized spacial score (nSPS) is 11.5. The molecule has 0 atom stereocenters. The van der Waals surface area contributed by atoms with E-state index in [1.54, 1.807) is 25.1 Å². The molecule has 1 heterocycles. The summed E-state index contributed by atoms with van der Waals surface area (Å²) in [6, 6.07) is 4.33. The van der Waals surface area contributed by atoms with Crippen molar-refractivity contribution >= 4 is 15.8 Å². The monoisotopic (exact) mass is 342 g/mol. The highest BCUT2D eigenvalue weighted by molar-refractivity contribution is 7.88. The lowest BCUT2D eigenvalue weighted by Crippen LogP contribution is -2.26. The summed E-state index contributed by atoms with van der Waals surface area (Å²) in [4.78, 5) is 9.91. The van der Waals surface area contributed by atoms with E-state index in [0.717, 1.165) is 12.1 Å². The second-order valence-corrected chi connectivity index (χ2v) is 6.89. The van der Waals surface area contributed by atoms with Gasteiger partial charge in [-0.15, -0.1) is 0 Å². The van der Waals surface area contributed by atoms with E-state index in [2.05, 4.69) is 14.7 Å². The van der Waals surface area contributed by atoms with Gasteiger partial charge in [0.15, 0.2) is 0 Å². The summed E-state index contributed by atoms with van der Waals surface area (Å²) in [5.74, 6) is -1.24. The molecule has 0 fully saturated rings. The van der Waals surface area contributed by atoms with Gasteiger partial charge in [0.2, 0.25) is 10.0 Å². The topological polar surface area (TPSA) is 75.2 Å². The number of rotatable bonds is 6. The first-order valence-electron chi connectivity index (χ1n) is 6.67. The molecule has 0 radical (unpaired) electrons. The van der Waals surface area contributed by atoms with Crippen LogP contribution < -0.4 is 9.62 Å². The zero-order valence-electron chi connectivity index (χ0n) is 12.6. The van der Waals surface area contributed by atoms with Gasteiger partial charge in [0.25, 0.3) is 0 Å². The number of hydrogen-bond donors (Lipinski definition) is 1. The maximum Gasteiger partial charge on any atom is 0.216 e. The molecule has 1 N–H and O–H groups in total. The lowest BCUT2D eigenvalue weighted by atomic mass is 10.2. The van der Waals surface area contributed by atoms with Crippen LogP contribution in [-0.4, -0.2) is 32.5 Å². The third-order valence-corrected chi connectivity index (χ3v) is 4.18. The Labute approximate surface area is 133 Å². The molecule has 0 unspecified atom stereocenters. The number of nitrogens with one attached hydrogen (secondary N) is 1.